The molecular formula is C38H78O4S. The van der Waals surface area contributed by atoms with E-state index in [-0.39, 0.29) is 0 Å². The summed E-state index contributed by atoms with van der Waals surface area (Å²) in [5, 5.41) is 20.7. The van der Waals surface area contributed by atoms with Crippen molar-refractivity contribution in [1.29, 1.82) is 0 Å². The highest BCUT2D eigenvalue weighted by Crippen LogP contribution is 2.18. The minimum Gasteiger partial charge on any atom is -0.390 e. The van der Waals surface area contributed by atoms with Gasteiger partial charge in [0.2, 0.25) is 0 Å². The van der Waals surface area contributed by atoms with Crippen molar-refractivity contribution in [2.75, 3.05) is 37.9 Å². The second-order valence-corrected chi connectivity index (χ2v) is 14.5. The fraction of sp³-hybridized carbons (Fsp3) is 1.00. The van der Waals surface area contributed by atoms with Gasteiger partial charge in [-0.1, -0.05) is 169 Å². The van der Waals surface area contributed by atoms with Crippen LogP contribution in [0.4, 0.5) is 0 Å². The Morgan fingerprint density at radius 1 is 0.419 bits per heavy atom. The maximum Gasteiger partial charge on any atom is 0.0863 e. The number of ether oxygens (including phenoxy) is 2. The fourth-order valence-corrected chi connectivity index (χ4v) is 6.70. The number of rotatable bonds is 36. The number of aliphatic hydroxyl groups is 2. The molecule has 0 radical (unpaired) electrons. The first-order chi connectivity index (χ1) is 21.1. The molecule has 0 aromatic rings. The van der Waals surface area contributed by atoms with Gasteiger partial charge in [-0.3, -0.25) is 0 Å². The van der Waals surface area contributed by atoms with Crippen LogP contribution in [0.15, 0.2) is 0 Å². The van der Waals surface area contributed by atoms with E-state index >= 15 is 0 Å². The molecule has 43 heavy (non-hydrogen) atoms. The van der Waals surface area contributed by atoms with Crippen molar-refractivity contribution in [3.05, 3.63) is 0 Å². The number of unbranched alkanes of at least 4 members (excludes halogenated alkanes) is 18. The third-order valence-electron chi connectivity index (χ3n) is 9.03. The van der Waals surface area contributed by atoms with Crippen molar-refractivity contribution < 1.29 is 19.7 Å². The van der Waals surface area contributed by atoms with Gasteiger partial charge in [0.05, 0.1) is 25.4 Å². The summed E-state index contributed by atoms with van der Waals surface area (Å²) in [7, 11) is 0. The number of thioether (sulfide) groups is 1. The Balaban J connectivity index is 3.66. The van der Waals surface area contributed by atoms with Crippen molar-refractivity contribution in [1.82, 2.24) is 0 Å². The molecule has 0 heterocycles. The molecule has 0 aliphatic heterocycles. The molecule has 0 rings (SSSR count). The van der Waals surface area contributed by atoms with E-state index in [9.17, 15) is 10.2 Å². The van der Waals surface area contributed by atoms with E-state index in [0.29, 0.717) is 36.6 Å². The lowest BCUT2D eigenvalue weighted by Crippen LogP contribution is -2.24. The summed E-state index contributed by atoms with van der Waals surface area (Å²) in [5.74, 6) is 2.40. The summed E-state index contributed by atoms with van der Waals surface area (Å²) in [6, 6.07) is 0. The summed E-state index contributed by atoms with van der Waals surface area (Å²) >= 11 is 1.60. The molecule has 0 amide bonds. The van der Waals surface area contributed by atoms with Crippen LogP contribution in [0, 0.1) is 11.8 Å². The smallest absolute Gasteiger partial charge is 0.0863 e. The minimum atomic E-state index is -0.474. The molecule has 0 aliphatic rings. The van der Waals surface area contributed by atoms with Crippen molar-refractivity contribution in [2.45, 2.75) is 194 Å². The molecule has 4 atom stereocenters. The van der Waals surface area contributed by atoms with Gasteiger partial charge in [0, 0.05) is 24.7 Å². The highest BCUT2D eigenvalue weighted by atomic mass is 32.2. The number of hydrogen-bond donors (Lipinski definition) is 2. The molecule has 0 saturated carbocycles. The van der Waals surface area contributed by atoms with Gasteiger partial charge in [0.25, 0.3) is 0 Å². The van der Waals surface area contributed by atoms with E-state index in [4.69, 9.17) is 9.47 Å². The first-order valence-electron chi connectivity index (χ1n) is 19.2. The average molecular weight is 631 g/mol. The van der Waals surface area contributed by atoms with Crippen LogP contribution in [0.25, 0.3) is 0 Å². The van der Waals surface area contributed by atoms with Crippen LogP contribution < -0.4 is 0 Å². The molecule has 260 valence electrons. The van der Waals surface area contributed by atoms with Crippen LogP contribution in [0.2, 0.25) is 0 Å². The van der Waals surface area contributed by atoms with E-state index in [2.05, 4.69) is 27.7 Å². The Kier molecular flexibility index (Phi) is 35.2. The summed E-state index contributed by atoms with van der Waals surface area (Å²) in [5.41, 5.74) is 0. The Morgan fingerprint density at radius 3 is 1.02 bits per heavy atom. The maximum absolute atomic E-state index is 10.3. The first-order valence-corrected chi connectivity index (χ1v) is 20.3. The molecule has 0 aliphatic carbocycles. The molecule has 4 unspecified atom stereocenters. The van der Waals surface area contributed by atoms with Crippen molar-refractivity contribution in [3.8, 4) is 0 Å². The second kappa shape index (κ2) is 35.1. The van der Waals surface area contributed by atoms with Crippen LogP contribution >= 0.6 is 11.8 Å². The van der Waals surface area contributed by atoms with E-state index in [1.807, 2.05) is 0 Å². The second-order valence-electron chi connectivity index (χ2n) is 13.4. The standard InChI is InChI=1S/C38H78O4S/c1-5-9-11-13-15-17-19-21-23-25-27-35(7-3)29-41-31-37(39)33-43-34-38(40)32-42-30-36(8-4)28-26-24-22-20-18-16-14-12-10-6-2/h35-40H,5-34H2,1-4H3. The Labute approximate surface area is 274 Å². The molecule has 0 bridgehead atoms. The lowest BCUT2D eigenvalue weighted by molar-refractivity contribution is 0.0265. The zero-order chi connectivity index (χ0) is 31.6. The van der Waals surface area contributed by atoms with Gasteiger partial charge in [0.15, 0.2) is 0 Å². The van der Waals surface area contributed by atoms with Gasteiger partial charge in [0.1, 0.15) is 0 Å². The third-order valence-corrected chi connectivity index (χ3v) is 10.3. The Morgan fingerprint density at radius 2 is 0.721 bits per heavy atom. The predicted molar refractivity (Wildman–Crippen MR) is 191 cm³/mol. The van der Waals surface area contributed by atoms with E-state index in [0.717, 1.165) is 26.1 Å². The monoisotopic (exact) mass is 631 g/mol. The molecule has 5 heteroatoms. The molecular weight excluding hydrogens is 552 g/mol. The fourth-order valence-electron chi connectivity index (χ4n) is 5.83. The van der Waals surface area contributed by atoms with Crippen molar-refractivity contribution >= 4 is 11.8 Å². The van der Waals surface area contributed by atoms with E-state index in [1.54, 1.807) is 11.8 Å². The Bertz CT molecular complexity index is 476. The van der Waals surface area contributed by atoms with Gasteiger partial charge < -0.3 is 19.7 Å². The highest BCUT2D eigenvalue weighted by molar-refractivity contribution is 7.99. The van der Waals surface area contributed by atoms with Crippen LogP contribution in [0.5, 0.6) is 0 Å². The number of aliphatic hydroxyl groups excluding tert-OH is 2. The quantitative estimate of drug-likeness (QED) is 0.0674. The highest BCUT2D eigenvalue weighted by Gasteiger charge is 2.13. The van der Waals surface area contributed by atoms with Crippen molar-refractivity contribution in [3.63, 3.8) is 0 Å². The molecule has 0 aromatic heterocycles. The summed E-state index contributed by atoms with van der Waals surface area (Å²) in [4.78, 5) is 0. The van der Waals surface area contributed by atoms with E-state index in [1.165, 1.54) is 141 Å². The van der Waals surface area contributed by atoms with Gasteiger partial charge in [-0.2, -0.15) is 11.8 Å². The van der Waals surface area contributed by atoms with Crippen LogP contribution in [-0.4, -0.2) is 60.4 Å². The molecule has 0 spiro atoms. The molecule has 0 saturated heterocycles. The summed E-state index contributed by atoms with van der Waals surface area (Å²) in [6.07, 6.45) is 31.4. The minimum absolute atomic E-state index is 0.394. The van der Waals surface area contributed by atoms with Gasteiger partial charge >= 0.3 is 0 Å². The average Bonchev–Trinajstić information content (AvgIpc) is 3.01. The van der Waals surface area contributed by atoms with Crippen LogP contribution in [-0.2, 0) is 9.47 Å². The first kappa shape index (κ1) is 43.2. The Hall–Kier alpha value is 0.190. The SMILES string of the molecule is CCCCCCCCCCCCC(CC)COCC(O)CSCC(O)COCC(CC)CCCCCCCCCCCC. The topological polar surface area (TPSA) is 58.9 Å². The van der Waals surface area contributed by atoms with Crippen LogP contribution in [0.1, 0.15) is 182 Å². The summed E-state index contributed by atoms with van der Waals surface area (Å²) in [6.45, 7) is 11.4. The molecule has 0 fully saturated rings. The lowest BCUT2D eigenvalue weighted by Gasteiger charge is -2.18. The predicted octanol–water partition coefficient (Wildman–Crippen LogP) is 11.1. The van der Waals surface area contributed by atoms with Crippen molar-refractivity contribution in [2.24, 2.45) is 11.8 Å². The third kappa shape index (κ3) is 31.9. The van der Waals surface area contributed by atoms with Gasteiger partial charge in [-0.15, -0.1) is 0 Å². The number of hydrogen-bond acceptors (Lipinski definition) is 5. The largest absolute Gasteiger partial charge is 0.390 e. The molecule has 2 N–H and O–H groups in total. The van der Waals surface area contributed by atoms with Crippen LogP contribution in [0.3, 0.4) is 0 Å². The maximum atomic E-state index is 10.3. The van der Waals surface area contributed by atoms with Gasteiger partial charge in [-0.05, 0) is 24.7 Å². The zero-order valence-corrected chi connectivity index (χ0v) is 30.5. The normalized spacial score (nSPS) is 14.7. The molecule has 4 nitrogen and oxygen atoms in total. The van der Waals surface area contributed by atoms with Gasteiger partial charge in [-0.25, -0.2) is 0 Å². The summed E-state index contributed by atoms with van der Waals surface area (Å²) < 4.78 is 11.8. The zero-order valence-electron chi connectivity index (χ0n) is 29.6. The lowest BCUT2D eigenvalue weighted by atomic mass is 9.98. The van der Waals surface area contributed by atoms with E-state index < -0.39 is 12.2 Å². The molecule has 0 aromatic carbocycles.